The first-order valence-electron chi connectivity index (χ1n) is 10.1. The van der Waals surface area contributed by atoms with Crippen LogP contribution in [0.1, 0.15) is 58.8 Å². The topological polar surface area (TPSA) is 52.8 Å². The fourth-order valence-electron chi connectivity index (χ4n) is 4.10. The molecule has 0 aromatic carbocycles. The van der Waals surface area contributed by atoms with Crippen molar-refractivity contribution in [3.05, 3.63) is 0 Å². The zero-order chi connectivity index (χ0) is 17.4. The van der Waals surface area contributed by atoms with E-state index in [9.17, 15) is 4.79 Å². The number of hydrogen-bond acceptors (Lipinski definition) is 4. The van der Waals surface area contributed by atoms with Crippen LogP contribution < -0.4 is 5.73 Å². The molecule has 5 nitrogen and oxygen atoms in total. The molecule has 2 atom stereocenters. The monoisotopic (exact) mass is 410 g/mol. The number of unbranched alkanes of at least 4 members (excludes halogenated alkanes) is 3. The normalized spacial score (nSPS) is 24.2. The van der Waals surface area contributed by atoms with Gasteiger partial charge in [0, 0.05) is 57.8 Å². The van der Waals surface area contributed by atoms with Gasteiger partial charge in [-0.2, -0.15) is 0 Å². The molecule has 0 aliphatic carbocycles. The number of amides is 1. The molecule has 2 aliphatic rings. The lowest BCUT2D eigenvalue weighted by molar-refractivity contribution is -0.133. The summed E-state index contributed by atoms with van der Waals surface area (Å²) < 4.78 is 0. The van der Waals surface area contributed by atoms with E-state index in [2.05, 4.69) is 28.5 Å². The molecule has 156 valence electrons. The first kappa shape index (κ1) is 25.9. The number of rotatable bonds is 9. The number of nitrogens with two attached hydrogens (primary N) is 1. The number of carbonyl (C=O) groups excluding carboxylic acids is 1. The lowest BCUT2D eigenvalue weighted by Gasteiger charge is -2.36. The zero-order valence-corrected chi connectivity index (χ0v) is 18.3. The molecular weight excluding hydrogens is 371 g/mol. The van der Waals surface area contributed by atoms with E-state index in [1.54, 1.807) is 0 Å². The van der Waals surface area contributed by atoms with Crippen LogP contribution in [0.25, 0.3) is 0 Å². The summed E-state index contributed by atoms with van der Waals surface area (Å²) in [6.45, 7) is 11.7. The third kappa shape index (κ3) is 8.30. The number of nitrogens with zero attached hydrogens (tertiary/aromatic N) is 3. The highest BCUT2D eigenvalue weighted by Gasteiger charge is 2.28. The minimum absolute atomic E-state index is 0. The van der Waals surface area contributed by atoms with Gasteiger partial charge in [-0.15, -0.1) is 24.8 Å². The van der Waals surface area contributed by atoms with Gasteiger partial charge in [0.05, 0.1) is 0 Å². The summed E-state index contributed by atoms with van der Waals surface area (Å²) in [5.74, 6) is 0.351. The van der Waals surface area contributed by atoms with Crippen molar-refractivity contribution in [3.63, 3.8) is 0 Å². The second-order valence-electron chi connectivity index (χ2n) is 7.69. The maximum absolute atomic E-state index is 12.3. The number of carbonyl (C=O) groups is 1. The molecule has 2 heterocycles. The van der Waals surface area contributed by atoms with Crippen molar-refractivity contribution < 1.29 is 4.79 Å². The Bertz CT molecular complexity index is 369. The zero-order valence-electron chi connectivity index (χ0n) is 16.7. The number of halogens is 2. The quantitative estimate of drug-likeness (QED) is 0.593. The molecule has 0 aromatic rings. The summed E-state index contributed by atoms with van der Waals surface area (Å²) in [4.78, 5) is 19.5. The first-order valence-corrected chi connectivity index (χ1v) is 10.1. The van der Waals surface area contributed by atoms with E-state index in [1.807, 2.05) is 0 Å². The van der Waals surface area contributed by atoms with Gasteiger partial charge < -0.3 is 10.6 Å². The van der Waals surface area contributed by atoms with E-state index in [0.29, 0.717) is 12.3 Å². The Balaban J connectivity index is 0.00000312. The maximum Gasteiger partial charge on any atom is 0.222 e. The molecule has 2 fully saturated rings. The predicted octanol–water partition coefficient (Wildman–Crippen LogP) is 2.76. The smallest absolute Gasteiger partial charge is 0.222 e. The average Bonchev–Trinajstić information content (AvgIpc) is 2.91. The van der Waals surface area contributed by atoms with Crippen molar-refractivity contribution >= 4 is 30.7 Å². The van der Waals surface area contributed by atoms with Crippen LogP contribution in [-0.4, -0.2) is 78.5 Å². The van der Waals surface area contributed by atoms with Gasteiger partial charge >= 0.3 is 0 Å². The van der Waals surface area contributed by atoms with E-state index in [0.717, 1.165) is 77.0 Å². The molecule has 0 radical (unpaired) electrons. The fraction of sp³-hybridized carbons (Fsp3) is 0.947. The second-order valence-corrected chi connectivity index (χ2v) is 7.69. The third-order valence-corrected chi connectivity index (χ3v) is 5.88. The van der Waals surface area contributed by atoms with E-state index in [4.69, 9.17) is 5.73 Å². The lowest BCUT2D eigenvalue weighted by atomic mass is 10.1. The van der Waals surface area contributed by atoms with Gasteiger partial charge in [-0.3, -0.25) is 14.6 Å². The summed E-state index contributed by atoms with van der Waals surface area (Å²) in [6, 6.07) is 1.48. The van der Waals surface area contributed by atoms with Crippen LogP contribution in [-0.2, 0) is 4.79 Å². The van der Waals surface area contributed by atoms with Crippen LogP contribution in [0.2, 0.25) is 0 Å². The Morgan fingerprint density at radius 1 is 0.885 bits per heavy atom. The summed E-state index contributed by atoms with van der Waals surface area (Å²) in [7, 11) is 0. The molecule has 2 unspecified atom stereocenters. The summed E-state index contributed by atoms with van der Waals surface area (Å²) in [5, 5.41) is 0. The Kier molecular flexibility index (Phi) is 14.0. The molecule has 0 saturated carbocycles. The molecule has 1 amide bonds. The van der Waals surface area contributed by atoms with Crippen molar-refractivity contribution in [1.29, 1.82) is 0 Å². The van der Waals surface area contributed by atoms with Crippen LogP contribution in [0.4, 0.5) is 0 Å². The SMILES string of the molecule is CC1CCC(C)N1CCN1CCN(C(=O)CCCCCCN)CC1.Cl.Cl. The highest BCUT2D eigenvalue weighted by atomic mass is 35.5. The van der Waals surface area contributed by atoms with Gasteiger partial charge in [0.2, 0.25) is 5.91 Å². The van der Waals surface area contributed by atoms with Gasteiger partial charge in [-0.1, -0.05) is 12.8 Å². The predicted molar refractivity (Wildman–Crippen MR) is 115 cm³/mol. The second kappa shape index (κ2) is 14.0. The molecule has 0 spiro atoms. The van der Waals surface area contributed by atoms with E-state index < -0.39 is 0 Å². The Hall–Kier alpha value is -0.0700. The molecule has 7 heteroatoms. The van der Waals surface area contributed by atoms with Crippen molar-refractivity contribution in [2.45, 2.75) is 70.9 Å². The highest BCUT2D eigenvalue weighted by Crippen LogP contribution is 2.22. The van der Waals surface area contributed by atoms with Gasteiger partial charge in [0.1, 0.15) is 0 Å². The number of hydrogen-bond donors (Lipinski definition) is 1. The molecule has 2 rings (SSSR count). The van der Waals surface area contributed by atoms with Crippen molar-refractivity contribution in [1.82, 2.24) is 14.7 Å². The highest BCUT2D eigenvalue weighted by molar-refractivity contribution is 5.85. The first-order chi connectivity index (χ1) is 11.6. The minimum atomic E-state index is 0. The van der Waals surface area contributed by atoms with Crippen LogP contribution in [0, 0.1) is 0 Å². The van der Waals surface area contributed by atoms with Gasteiger partial charge in [-0.05, 0) is 46.1 Å². The largest absolute Gasteiger partial charge is 0.340 e. The molecule has 2 saturated heterocycles. The Morgan fingerprint density at radius 3 is 2.04 bits per heavy atom. The third-order valence-electron chi connectivity index (χ3n) is 5.88. The summed E-state index contributed by atoms with van der Waals surface area (Å²) in [5.41, 5.74) is 5.50. The Morgan fingerprint density at radius 2 is 1.46 bits per heavy atom. The molecular formula is C19H40Cl2N4O. The minimum Gasteiger partial charge on any atom is -0.340 e. The lowest BCUT2D eigenvalue weighted by Crippen LogP contribution is -2.50. The van der Waals surface area contributed by atoms with E-state index in [-0.39, 0.29) is 24.8 Å². The number of piperazine rings is 1. The van der Waals surface area contributed by atoms with Crippen LogP contribution in [0.5, 0.6) is 0 Å². The standard InChI is InChI=1S/C19H38N4O.2ClH/c1-17-8-9-18(2)23(17)16-13-21-11-14-22(15-12-21)19(24)7-5-3-4-6-10-20;;/h17-18H,3-16,20H2,1-2H3;2*1H. The van der Waals surface area contributed by atoms with E-state index in [1.165, 1.54) is 19.4 Å². The summed E-state index contributed by atoms with van der Waals surface area (Å²) >= 11 is 0. The van der Waals surface area contributed by atoms with Gasteiger partial charge in [-0.25, -0.2) is 0 Å². The van der Waals surface area contributed by atoms with E-state index >= 15 is 0 Å². The average molecular weight is 411 g/mol. The van der Waals surface area contributed by atoms with Crippen LogP contribution >= 0.6 is 24.8 Å². The Labute approximate surface area is 172 Å². The van der Waals surface area contributed by atoms with Crippen LogP contribution in [0.3, 0.4) is 0 Å². The van der Waals surface area contributed by atoms with Crippen molar-refractivity contribution in [2.24, 2.45) is 5.73 Å². The number of likely N-dealkylation sites (tertiary alicyclic amines) is 1. The molecule has 26 heavy (non-hydrogen) atoms. The summed E-state index contributed by atoms with van der Waals surface area (Å²) in [6.07, 6.45) is 7.79. The molecule has 0 bridgehead atoms. The fourth-order valence-corrected chi connectivity index (χ4v) is 4.10. The van der Waals surface area contributed by atoms with Crippen LogP contribution in [0.15, 0.2) is 0 Å². The molecule has 2 aliphatic heterocycles. The van der Waals surface area contributed by atoms with Gasteiger partial charge in [0.25, 0.3) is 0 Å². The molecule has 0 aromatic heterocycles. The molecule has 2 N–H and O–H groups in total. The van der Waals surface area contributed by atoms with Crippen molar-refractivity contribution in [2.75, 3.05) is 45.8 Å². The van der Waals surface area contributed by atoms with Gasteiger partial charge in [0.15, 0.2) is 0 Å². The maximum atomic E-state index is 12.3. The van der Waals surface area contributed by atoms with Crippen molar-refractivity contribution in [3.8, 4) is 0 Å².